The summed E-state index contributed by atoms with van der Waals surface area (Å²) in [5.74, 6) is 1.96. The van der Waals surface area contributed by atoms with E-state index in [0.717, 1.165) is 22.3 Å². The van der Waals surface area contributed by atoms with Crippen LogP contribution < -0.4 is 0 Å². The summed E-state index contributed by atoms with van der Waals surface area (Å²) in [5, 5.41) is 12.6. The van der Waals surface area contributed by atoms with E-state index in [1.807, 2.05) is 18.2 Å². The van der Waals surface area contributed by atoms with Gasteiger partial charge in [0.2, 0.25) is 0 Å². The first kappa shape index (κ1) is 30.9. The highest BCUT2D eigenvalue weighted by molar-refractivity contribution is 6.33. The largest absolute Gasteiger partial charge is 0.208 e. The zero-order chi connectivity index (χ0) is 36.7. The molecule has 10 aromatic carbocycles. The SMILES string of the molecule is c1ccc(-c2nc(-c3ccc(-c4cc5c6ccccc6c6ccccc6c5c5ccccc45)cc3)nc(-c3cc4c5c(cccc5c3)-c3ccccc3-4)n2)cc1. The maximum absolute atomic E-state index is 5.19. The summed E-state index contributed by atoms with van der Waals surface area (Å²) in [6, 6.07) is 67.5. The molecule has 12 rings (SSSR count). The van der Waals surface area contributed by atoms with Crippen molar-refractivity contribution >= 4 is 53.9 Å². The van der Waals surface area contributed by atoms with E-state index in [2.05, 4.69) is 170 Å². The summed E-state index contributed by atoms with van der Waals surface area (Å²) in [4.78, 5) is 15.4. The van der Waals surface area contributed by atoms with Crippen LogP contribution in [-0.4, -0.2) is 15.0 Å². The lowest BCUT2D eigenvalue weighted by atomic mass is 9.87. The van der Waals surface area contributed by atoms with E-state index in [1.54, 1.807) is 0 Å². The van der Waals surface area contributed by atoms with Crippen LogP contribution in [0.1, 0.15) is 0 Å². The Balaban J connectivity index is 1.03. The summed E-state index contributed by atoms with van der Waals surface area (Å²) in [6.07, 6.45) is 0. The molecule has 0 radical (unpaired) electrons. The maximum Gasteiger partial charge on any atom is 0.164 e. The van der Waals surface area contributed by atoms with Crippen LogP contribution in [-0.2, 0) is 0 Å². The average Bonchev–Trinajstić information content (AvgIpc) is 3.60. The smallest absolute Gasteiger partial charge is 0.164 e. The Morgan fingerprint density at radius 2 is 0.714 bits per heavy atom. The molecule has 0 spiro atoms. The zero-order valence-electron chi connectivity index (χ0n) is 30.2. The number of hydrogen-bond donors (Lipinski definition) is 0. The Morgan fingerprint density at radius 3 is 1.41 bits per heavy atom. The monoisotopic (exact) mass is 709 g/mol. The quantitative estimate of drug-likeness (QED) is 0.171. The fraction of sp³-hybridized carbons (Fsp3) is 0. The van der Waals surface area contributed by atoms with Crippen LogP contribution in [0.3, 0.4) is 0 Å². The van der Waals surface area contributed by atoms with Gasteiger partial charge in [-0.05, 0) is 105 Å². The van der Waals surface area contributed by atoms with Gasteiger partial charge in [-0.15, -0.1) is 0 Å². The third kappa shape index (κ3) is 4.61. The van der Waals surface area contributed by atoms with Crippen molar-refractivity contribution in [3.05, 3.63) is 188 Å². The van der Waals surface area contributed by atoms with Gasteiger partial charge in [-0.1, -0.05) is 170 Å². The minimum atomic E-state index is 0.645. The van der Waals surface area contributed by atoms with Gasteiger partial charge in [0.05, 0.1) is 0 Å². The second-order valence-corrected chi connectivity index (χ2v) is 14.7. The van der Waals surface area contributed by atoms with Gasteiger partial charge in [-0.3, -0.25) is 0 Å². The first-order valence-electron chi connectivity index (χ1n) is 19.1. The van der Waals surface area contributed by atoms with Gasteiger partial charge in [0.1, 0.15) is 0 Å². The summed E-state index contributed by atoms with van der Waals surface area (Å²) in [7, 11) is 0. The first-order valence-corrected chi connectivity index (χ1v) is 19.1. The third-order valence-electron chi connectivity index (χ3n) is 11.6. The fourth-order valence-corrected chi connectivity index (χ4v) is 9.10. The molecular formula is C53H31N3. The Hall–Kier alpha value is -7.49. The number of hydrogen-bond acceptors (Lipinski definition) is 3. The number of aromatic nitrogens is 3. The molecule has 1 aromatic heterocycles. The van der Waals surface area contributed by atoms with Crippen molar-refractivity contribution in [2.45, 2.75) is 0 Å². The predicted octanol–water partition coefficient (Wildman–Crippen LogP) is 14.0. The molecule has 1 heterocycles. The molecule has 0 aliphatic heterocycles. The van der Waals surface area contributed by atoms with Gasteiger partial charge < -0.3 is 0 Å². The molecule has 3 nitrogen and oxygen atoms in total. The van der Waals surface area contributed by atoms with Gasteiger partial charge >= 0.3 is 0 Å². The van der Waals surface area contributed by atoms with Crippen molar-refractivity contribution in [2.24, 2.45) is 0 Å². The number of rotatable bonds is 4. The van der Waals surface area contributed by atoms with Crippen molar-refractivity contribution in [3.8, 4) is 67.5 Å². The van der Waals surface area contributed by atoms with Crippen molar-refractivity contribution in [3.63, 3.8) is 0 Å². The number of nitrogens with zero attached hydrogens (tertiary/aromatic N) is 3. The van der Waals surface area contributed by atoms with Crippen LogP contribution in [0.25, 0.3) is 121 Å². The number of fused-ring (bicyclic) bond motifs is 11. The van der Waals surface area contributed by atoms with E-state index < -0.39 is 0 Å². The van der Waals surface area contributed by atoms with Gasteiger partial charge in [0, 0.05) is 16.7 Å². The first-order chi connectivity index (χ1) is 27.8. The highest BCUT2D eigenvalue weighted by Crippen LogP contribution is 2.48. The summed E-state index contributed by atoms with van der Waals surface area (Å²) in [6.45, 7) is 0. The second-order valence-electron chi connectivity index (χ2n) is 14.7. The molecule has 0 unspecified atom stereocenters. The minimum Gasteiger partial charge on any atom is -0.208 e. The lowest BCUT2D eigenvalue weighted by Gasteiger charge is -2.16. The minimum absolute atomic E-state index is 0.645. The normalized spacial score (nSPS) is 11.9. The van der Waals surface area contributed by atoms with Crippen LogP contribution in [0.4, 0.5) is 0 Å². The van der Waals surface area contributed by atoms with Crippen molar-refractivity contribution in [1.29, 1.82) is 0 Å². The standard InChI is InChI=1S/C53H31N3/c1-2-13-33(14-3-1)51-54-52(56-53(55-51)36-29-35-15-12-24-43-39-18-5-7-20-41(39)47(30-36)49(35)43)34-27-25-32(26-28-34)46-31-48-40-19-6-4-16-37(40)38-17-8-10-22-44(38)50(48)45-23-11-9-21-42(45)46/h1-31H. The van der Waals surface area contributed by atoms with E-state index in [-0.39, 0.29) is 0 Å². The Bertz CT molecular complexity index is 3400. The van der Waals surface area contributed by atoms with Gasteiger partial charge in [-0.25, -0.2) is 15.0 Å². The van der Waals surface area contributed by atoms with E-state index >= 15 is 0 Å². The van der Waals surface area contributed by atoms with Gasteiger partial charge in [0.25, 0.3) is 0 Å². The van der Waals surface area contributed by atoms with E-state index in [0.29, 0.717) is 17.5 Å². The molecule has 0 saturated heterocycles. The average molecular weight is 710 g/mol. The molecule has 0 N–H and O–H groups in total. The van der Waals surface area contributed by atoms with Crippen molar-refractivity contribution < 1.29 is 0 Å². The predicted molar refractivity (Wildman–Crippen MR) is 234 cm³/mol. The van der Waals surface area contributed by atoms with E-state index in [4.69, 9.17) is 15.0 Å². The Morgan fingerprint density at radius 1 is 0.232 bits per heavy atom. The molecule has 0 bridgehead atoms. The van der Waals surface area contributed by atoms with E-state index in [9.17, 15) is 0 Å². The molecule has 0 atom stereocenters. The molecule has 0 fully saturated rings. The molecule has 1 aliphatic rings. The molecule has 11 aromatic rings. The molecular weight excluding hydrogens is 679 g/mol. The lowest BCUT2D eigenvalue weighted by Crippen LogP contribution is -2.00. The molecule has 1 aliphatic carbocycles. The van der Waals surface area contributed by atoms with E-state index in [1.165, 1.54) is 81.7 Å². The van der Waals surface area contributed by atoms with Gasteiger partial charge in [-0.2, -0.15) is 0 Å². The lowest BCUT2D eigenvalue weighted by molar-refractivity contribution is 1.07. The molecule has 3 heteroatoms. The summed E-state index contributed by atoms with van der Waals surface area (Å²) < 4.78 is 0. The van der Waals surface area contributed by atoms with Crippen LogP contribution in [0, 0.1) is 0 Å². The van der Waals surface area contributed by atoms with Crippen molar-refractivity contribution in [2.75, 3.05) is 0 Å². The van der Waals surface area contributed by atoms with Crippen LogP contribution in [0.15, 0.2) is 188 Å². The summed E-state index contributed by atoms with van der Waals surface area (Å²) in [5.41, 5.74) is 10.2. The van der Waals surface area contributed by atoms with Crippen LogP contribution in [0.5, 0.6) is 0 Å². The number of benzene rings is 10. The molecule has 0 amide bonds. The molecule has 258 valence electrons. The maximum atomic E-state index is 5.19. The summed E-state index contributed by atoms with van der Waals surface area (Å²) >= 11 is 0. The van der Waals surface area contributed by atoms with Crippen LogP contribution in [0.2, 0.25) is 0 Å². The van der Waals surface area contributed by atoms with Crippen molar-refractivity contribution in [1.82, 2.24) is 15.0 Å². The Kier molecular flexibility index (Phi) is 6.63. The van der Waals surface area contributed by atoms with Crippen LogP contribution >= 0.6 is 0 Å². The third-order valence-corrected chi connectivity index (χ3v) is 11.6. The fourth-order valence-electron chi connectivity index (χ4n) is 9.10. The van der Waals surface area contributed by atoms with Gasteiger partial charge in [0.15, 0.2) is 17.5 Å². The zero-order valence-corrected chi connectivity index (χ0v) is 30.2. The highest BCUT2D eigenvalue weighted by Gasteiger charge is 2.23. The molecule has 56 heavy (non-hydrogen) atoms. The topological polar surface area (TPSA) is 38.7 Å². The highest BCUT2D eigenvalue weighted by atomic mass is 15.0. The Labute approximate surface area is 323 Å². The molecule has 0 saturated carbocycles. The second kappa shape index (κ2) is 12.0.